The zero-order valence-corrected chi connectivity index (χ0v) is 6.89. The Morgan fingerprint density at radius 2 is 2.58 bits per heavy atom. The predicted octanol–water partition coefficient (Wildman–Crippen LogP) is 0.770. The highest BCUT2D eigenvalue weighted by Gasteiger charge is 2.38. The van der Waals surface area contributed by atoms with Crippen LogP contribution in [0, 0.1) is 0 Å². The number of ether oxygens (including phenoxy) is 1. The first kappa shape index (κ1) is 7.86. The average Bonchev–Trinajstić information content (AvgIpc) is 2.65. The molecule has 5 nitrogen and oxygen atoms in total. The summed E-state index contributed by atoms with van der Waals surface area (Å²) in [5.41, 5.74) is 8.09. The SMILES string of the molecule is [N-]=[N+]=NCCN1C[C@H]2C[C@H]1CO2. The van der Waals surface area contributed by atoms with Crippen molar-refractivity contribution in [1.82, 2.24) is 4.90 Å². The highest BCUT2D eigenvalue weighted by Crippen LogP contribution is 2.26. The first-order valence-corrected chi connectivity index (χ1v) is 4.26. The van der Waals surface area contributed by atoms with Gasteiger partial charge in [0.1, 0.15) is 0 Å². The van der Waals surface area contributed by atoms with Crippen LogP contribution in [0.5, 0.6) is 0 Å². The Balaban J connectivity index is 1.79. The van der Waals surface area contributed by atoms with E-state index in [-0.39, 0.29) is 0 Å². The van der Waals surface area contributed by atoms with Crippen molar-refractivity contribution in [2.24, 2.45) is 5.11 Å². The van der Waals surface area contributed by atoms with Gasteiger partial charge >= 0.3 is 0 Å². The van der Waals surface area contributed by atoms with Crippen molar-refractivity contribution in [3.63, 3.8) is 0 Å². The van der Waals surface area contributed by atoms with Gasteiger partial charge in [0.15, 0.2) is 0 Å². The molecule has 0 spiro atoms. The topological polar surface area (TPSA) is 61.2 Å². The lowest BCUT2D eigenvalue weighted by Crippen LogP contribution is -2.38. The second-order valence-corrected chi connectivity index (χ2v) is 3.29. The van der Waals surface area contributed by atoms with Crippen molar-refractivity contribution < 1.29 is 4.74 Å². The normalized spacial score (nSPS) is 33.7. The monoisotopic (exact) mass is 168 g/mol. The van der Waals surface area contributed by atoms with Crippen LogP contribution >= 0.6 is 0 Å². The molecule has 0 aliphatic carbocycles. The van der Waals surface area contributed by atoms with Gasteiger partial charge in [-0.3, -0.25) is 4.90 Å². The Kier molecular flexibility index (Phi) is 2.17. The van der Waals surface area contributed by atoms with Crippen LogP contribution in [-0.2, 0) is 4.74 Å². The summed E-state index contributed by atoms with van der Waals surface area (Å²) in [5, 5.41) is 3.52. The molecule has 0 amide bonds. The van der Waals surface area contributed by atoms with Crippen LogP contribution in [0.2, 0.25) is 0 Å². The first-order valence-electron chi connectivity index (χ1n) is 4.26. The van der Waals surface area contributed by atoms with Gasteiger partial charge in [0.05, 0.1) is 12.7 Å². The van der Waals surface area contributed by atoms with Crippen molar-refractivity contribution in [3.8, 4) is 0 Å². The third kappa shape index (κ3) is 1.39. The lowest BCUT2D eigenvalue weighted by Gasteiger charge is -2.25. The Labute approximate surface area is 70.9 Å². The number of hydrogen-bond acceptors (Lipinski definition) is 3. The summed E-state index contributed by atoms with van der Waals surface area (Å²) in [6.07, 6.45) is 1.61. The number of azide groups is 1. The number of fused-ring (bicyclic) bond motifs is 2. The summed E-state index contributed by atoms with van der Waals surface area (Å²) in [5.74, 6) is 0. The first-order chi connectivity index (χ1) is 5.90. The number of morpholine rings is 1. The van der Waals surface area contributed by atoms with Gasteiger partial charge in [0, 0.05) is 30.6 Å². The number of hydrogen-bond donors (Lipinski definition) is 0. The molecule has 0 unspecified atom stereocenters. The van der Waals surface area contributed by atoms with E-state index in [1.165, 1.54) is 0 Å². The molecule has 0 saturated carbocycles. The van der Waals surface area contributed by atoms with Gasteiger partial charge < -0.3 is 4.74 Å². The molecule has 2 aliphatic heterocycles. The largest absolute Gasteiger partial charge is 0.375 e. The highest BCUT2D eigenvalue weighted by molar-refractivity contribution is 4.91. The van der Waals surface area contributed by atoms with E-state index in [1.54, 1.807) is 0 Å². The van der Waals surface area contributed by atoms with Gasteiger partial charge in [-0.1, -0.05) is 5.11 Å². The minimum atomic E-state index is 0.445. The second-order valence-electron chi connectivity index (χ2n) is 3.29. The Morgan fingerprint density at radius 3 is 3.17 bits per heavy atom. The van der Waals surface area contributed by atoms with E-state index in [1.807, 2.05) is 0 Å². The molecule has 12 heavy (non-hydrogen) atoms. The molecule has 2 bridgehead atoms. The summed E-state index contributed by atoms with van der Waals surface area (Å²) in [7, 11) is 0. The highest BCUT2D eigenvalue weighted by atomic mass is 16.5. The number of likely N-dealkylation sites (tertiary alicyclic amines) is 1. The Hall–Kier alpha value is -0.770. The fourth-order valence-corrected chi connectivity index (χ4v) is 1.97. The van der Waals surface area contributed by atoms with Crippen LogP contribution in [0.1, 0.15) is 6.42 Å². The predicted molar refractivity (Wildman–Crippen MR) is 43.7 cm³/mol. The van der Waals surface area contributed by atoms with Gasteiger partial charge in [0.2, 0.25) is 0 Å². The molecular weight excluding hydrogens is 156 g/mol. The van der Waals surface area contributed by atoms with Gasteiger partial charge in [-0.05, 0) is 12.0 Å². The standard InChI is InChI=1S/C7H12N4O/c8-10-9-1-2-11-4-7-3-6(11)5-12-7/h6-7H,1-5H2/t6-,7+/m0/s1. The zero-order valence-electron chi connectivity index (χ0n) is 6.89. The van der Waals surface area contributed by atoms with Crippen molar-refractivity contribution in [3.05, 3.63) is 10.4 Å². The summed E-state index contributed by atoms with van der Waals surface area (Å²) < 4.78 is 5.44. The molecule has 0 aromatic carbocycles. The van der Waals surface area contributed by atoms with E-state index < -0.39 is 0 Å². The van der Waals surface area contributed by atoms with Crippen LogP contribution in [0.3, 0.4) is 0 Å². The Morgan fingerprint density at radius 1 is 1.67 bits per heavy atom. The molecule has 2 atom stereocenters. The zero-order chi connectivity index (χ0) is 8.39. The van der Waals surface area contributed by atoms with E-state index in [2.05, 4.69) is 14.9 Å². The maximum atomic E-state index is 8.09. The van der Waals surface area contributed by atoms with Crippen LogP contribution in [-0.4, -0.2) is 43.3 Å². The molecule has 2 rings (SSSR count). The Bertz CT molecular complexity index is 213. The van der Waals surface area contributed by atoms with Crippen LogP contribution in [0.15, 0.2) is 5.11 Å². The quantitative estimate of drug-likeness (QED) is 0.355. The maximum Gasteiger partial charge on any atom is 0.0718 e. The van der Waals surface area contributed by atoms with E-state index in [0.29, 0.717) is 18.7 Å². The molecule has 2 aliphatic rings. The second kappa shape index (κ2) is 3.31. The molecule has 2 fully saturated rings. The van der Waals surface area contributed by atoms with Gasteiger partial charge in [-0.15, -0.1) is 0 Å². The third-order valence-electron chi connectivity index (χ3n) is 2.56. The molecule has 0 radical (unpaired) electrons. The fourth-order valence-electron chi connectivity index (χ4n) is 1.97. The smallest absolute Gasteiger partial charge is 0.0718 e. The van der Waals surface area contributed by atoms with Gasteiger partial charge in [0.25, 0.3) is 0 Å². The van der Waals surface area contributed by atoms with Crippen LogP contribution in [0.25, 0.3) is 10.4 Å². The number of rotatable bonds is 3. The molecule has 0 aromatic rings. The summed E-state index contributed by atoms with van der Waals surface area (Å²) >= 11 is 0. The van der Waals surface area contributed by atoms with Crippen LogP contribution in [0.4, 0.5) is 0 Å². The minimum Gasteiger partial charge on any atom is -0.375 e. The van der Waals surface area contributed by atoms with Gasteiger partial charge in [-0.25, -0.2) is 0 Å². The van der Waals surface area contributed by atoms with E-state index in [0.717, 1.165) is 26.1 Å². The number of nitrogens with zero attached hydrogens (tertiary/aromatic N) is 4. The van der Waals surface area contributed by atoms with E-state index in [4.69, 9.17) is 10.3 Å². The summed E-state index contributed by atoms with van der Waals surface area (Å²) in [4.78, 5) is 5.08. The molecule has 0 aromatic heterocycles. The average molecular weight is 168 g/mol. The molecule has 5 heteroatoms. The fraction of sp³-hybridized carbons (Fsp3) is 1.00. The lowest BCUT2D eigenvalue weighted by atomic mass is 10.2. The van der Waals surface area contributed by atoms with E-state index >= 15 is 0 Å². The van der Waals surface area contributed by atoms with Crippen molar-refractivity contribution >= 4 is 0 Å². The van der Waals surface area contributed by atoms with Crippen molar-refractivity contribution in [2.45, 2.75) is 18.6 Å². The van der Waals surface area contributed by atoms with Crippen LogP contribution < -0.4 is 0 Å². The molecule has 2 heterocycles. The molecular formula is C7H12N4O. The summed E-state index contributed by atoms with van der Waals surface area (Å²) in [6.45, 7) is 3.35. The molecule has 0 N–H and O–H groups in total. The molecule has 66 valence electrons. The lowest BCUT2D eigenvalue weighted by molar-refractivity contribution is 0.0320. The van der Waals surface area contributed by atoms with Crippen molar-refractivity contribution in [2.75, 3.05) is 26.2 Å². The summed E-state index contributed by atoms with van der Waals surface area (Å²) in [6, 6.07) is 0.587. The van der Waals surface area contributed by atoms with Crippen molar-refractivity contribution in [1.29, 1.82) is 0 Å². The maximum absolute atomic E-state index is 8.09. The molecule has 2 saturated heterocycles. The van der Waals surface area contributed by atoms with Gasteiger partial charge in [-0.2, -0.15) is 0 Å². The minimum absolute atomic E-state index is 0.445. The van der Waals surface area contributed by atoms with E-state index in [9.17, 15) is 0 Å². The third-order valence-corrected chi connectivity index (χ3v) is 2.56.